The van der Waals surface area contributed by atoms with Gasteiger partial charge in [-0.2, -0.15) is 5.10 Å². The van der Waals surface area contributed by atoms with Crippen molar-refractivity contribution in [2.24, 2.45) is 0 Å². The van der Waals surface area contributed by atoms with Crippen molar-refractivity contribution < 1.29 is 4.39 Å². The van der Waals surface area contributed by atoms with E-state index in [1.165, 1.54) is 12.1 Å². The highest BCUT2D eigenvalue weighted by Gasteiger charge is 2.13. The number of halogens is 4. The van der Waals surface area contributed by atoms with Crippen LogP contribution in [0.4, 0.5) is 4.39 Å². The van der Waals surface area contributed by atoms with E-state index in [4.69, 9.17) is 11.6 Å². The zero-order valence-electron chi connectivity index (χ0n) is 15.4. The van der Waals surface area contributed by atoms with Gasteiger partial charge in [0.25, 0.3) is 0 Å². The van der Waals surface area contributed by atoms with E-state index in [1.807, 2.05) is 59.4 Å². The number of aromatic nitrogens is 4. The van der Waals surface area contributed by atoms with Gasteiger partial charge in [0.2, 0.25) is 0 Å². The molecule has 8 heteroatoms. The monoisotopic (exact) mass is 460 g/mol. The Morgan fingerprint density at radius 2 is 1.50 bits per heavy atom. The molecule has 0 saturated heterocycles. The van der Waals surface area contributed by atoms with E-state index in [9.17, 15) is 4.39 Å². The van der Waals surface area contributed by atoms with Gasteiger partial charge in [-0.1, -0.05) is 23.7 Å². The Hall–Kier alpha value is -2.86. The highest BCUT2D eigenvalue weighted by molar-refractivity contribution is 6.30. The summed E-state index contributed by atoms with van der Waals surface area (Å²) in [6.07, 6.45) is 5.72. The smallest absolute Gasteiger partial charge is 0.137 e. The van der Waals surface area contributed by atoms with Crippen molar-refractivity contribution in [2.75, 3.05) is 0 Å². The molecule has 0 saturated carbocycles. The third kappa shape index (κ3) is 3.92. The van der Waals surface area contributed by atoms with E-state index in [0.717, 1.165) is 39.3 Å². The van der Waals surface area contributed by atoms with Crippen molar-refractivity contribution in [2.45, 2.75) is 0 Å². The average Bonchev–Trinajstić information content (AvgIpc) is 3.36. The van der Waals surface area contributed by atoms with Crippen LogP contribution >= 0.6 is 36.4 Å². The molecule has 0 aliphatic rings. The molecule has 4 nitrogen and oxygen atoms in total. The second-order valence-corrected chi connectivity index (χ2v) is 6.89. The van der Waals surface area contributed by atoms with Gasteiger partial charge >= 0.3 is 0 Å². The van der Waals surface area contributed by atoms with Crippen LogP contribution in [0.2, 0.25) is 5.02 Å². The highest BCUT2D eigenvalue weighted by Crippen LogP contribution is 2.31. The number of nitrogens with zero attached hydrogens (tertiary/aromatic N) is 3. The number of benzene rings is 2. The van der Waals surface area contributed by atoms with Gasteiger partial charge in [0, 0.05) is 39.7 Å². The SMILES string of the molecule is Cl.Cl.Fc1ccc(-c2n[nH]cc2-c2ccc3ncc(-c4ccc(Cl)cc4)n3c2)cc1. The second kappa shape index (κ2) is 8.88. The zero-order chi connectivity index (χ0) is 19.1. The van der Waals surface area contributed by atoms with Crippen LogP contribution in [0.3, 0.4) is 0 Å². The van der Waals surface area contributed by atoms with E-state index < -0.39 is 0 Å². The first-order chi connectivity index (χ1) is 13.7. The Bertz CT molecular complexity index is 1280. The molecular weight excluding hydrogens is 446 g/mol. The van der Waals surface area contributed by atoms with Gasteiger partial charge in [-0.05, 0) is 48.5 Å². The summed E-state index contributed by atoms with van der Waals surface area (Å²) in [4.78, 5) is 4.50. The molecule has 5 aromatic rings. The third-order valence-corrected chi connectivity index (χ3v) is 4.97. The van der Waals surface area contributed by atoms with Crippen molar-refractivity contribution in [3.8, 4) is 33.6 Å². The predicted octanol–water partition coefficient (Wildman–Crippen LogP) is 6.69. The number of hydrogen-bond donors (Lipinski definition) is 1. The average molecular weight is 462 g/mol. The van der Waals surface area contributed by atoms with Crippen molar-refractivity contribution in [1.82, 2.24) is 19.6 Å². The lowest BCUT2D eigenvalue weighted by atomic mass is 10.0. The van der Waals surface area contributed by atoms with Gasteiger partial charge in [0.05, 0.1) is 17.6 Å². The number of pyridine rings is 1. The topological polar surface area (TPSA) is 46.0 Å². The van der Waals surface area contributed by atoms with Crippen molar-refractivity contribution >= 4 is 42.1 Å². The molecule has 0 radical (unpaired) electrons. The van der Waals surface area contributed by atoms with E-state index in [-0.39, 0.29) is 30.6 Å². The third-order valence-electron chi connectivity index (χ3n) is 4.71. The Kier molecular flexibility index (Phi) is 6.46. The molecule has 3 heterocycles. The predicted molar refractivity (Wildman–Crippen MR) is 123 cm³/mol. The summed E-state index contributed by atoms with van der Waals surface area (Å²) in [5.74, 6) is -0.270. The number of aromatic amines is 1. The minimum Gasteiger partial charge on any atom is -0.299 e. The van der Waals surface area contributed by atoms with Crippen LogP contribution in [-0.4, -0.2) is 19.6 Å². The van der Waals surface area contributed by atoms with E-state index >= 15 is 0 Å². The molecule has 1 N–H and O–H groups in total. The fourth-order valence-corrected chi connectivity index (χ4v) is 3.44. The molecule has 0 aliphatic heterocycles. The first kappa shape index (κ1) is 21.8. The molecule has 2 aromatic carbocycles. The van der Waals surface area contributed by atoms with Gasteiger partial charge in [-0.25, -0.2) is 9.37 Å². The fourth-order valence-electron chi connectivity index (χ4n) is 3.31. The maximum atomic E-state index is 13.3. The Morgan fingerprint density at radius 3 is 2.23 bits per heavy atom. The Morgan fingerprint density at radius 1 is 0.833 bits per heavy atom. The number of imidazole rings is 1. The molecule has 0 amide bonds. The molecule has 0 atom stereocenters. The van der Waals surface area contributed by atoms with E-state index in [0.29, 0.717) is 5.02 Å². The van der Waals surface area contributed by atoms with Crippen molar-refractivity contribution in [3.63, 3.8) is 0 Å². The van der Waals surface area contributed by atoms with Crippen LogP contribution in [-0.2, 0) is 0 Å². The summed E-state index contributed by atoms with van der Waals surface area (Å²) in [5.41, 5.74) is 6.38. The molecular formula is C22H16Cl3FN4. The first-order valence-electron chi connectivity index (χ1n) is 8.72. The molecule has 0 fully saturated rings. The van der Waals surface area contributed by atoms with Crippen molar-refractivity contribution in [3.05, 3.63) is 90.1 Å². The summed E-state index contributed by atoms with van der Waals surface area (Å²) < 4.78 is 15.3. The van der Waals surface area contributed by atoms with Crippen LogP contribution in [0.25, 0.3) is 39.3 Å². The van der Waals surface area contributed by atoms with Gasteiger partial charge < -0.3 is 0 Å². The highest BCUT2D eigenvalue weighted by atomic mass is 35.5. The number of fused-ring (bicyclic) bond motifs is 1. The van der Waals surface area contributed by atoms with Crippen LogP contribution in [0, 0.1) is 5.82 Å². The summed E-state index contributed by atoms with van der Waals surface area (Å²) in [6.45, 7) is 0. The lowest BCUT2D eigenvalue weighted by Gasteiger charge is -2.07. The quantitative estimate of drug-likeness (QED) is 0.325. The van der Waals surface area contributed by atoms with Crippen LogP contribution in [0.1, 0.15) is 0 Å². The maximum Gasteiger partial charge on any atom is 0.137 e. The minimum absolute atomic E-state index is 0. The molecule has 5 rings (SSSR count). The number of hydrogen-bond acceptors (Lipinski definition) is 2. The molecule has 152 valence electrons. The van der Waals surface area contributed by atoms with Crippen LogP contribution in [0.5, 0.6) is 0 Å². The van der Waals surface area contributed by atoms with Gasteiger partial charge in [0.1, 0.15) is 11.5 Å². The molecule has 0 bridgehead atoms. The summed E-state index contributed by atoms with van der Waals surface area (Å²) in [5, 5.41) is 7.98. The molecule has 0 unspecified atom stereocenters. The number of rotatable bonds is 3. The van der Waals surface area contributed by atoms with E-state index in [1.54, 1.807) is 12.1 Å². The normalized spacial score (nSPS) is 10.5. The number of nitrogens with one attached hydrogen (secondary N) is 1. The first-order valence-corrected chi connectivity index (χ1v) is 9.10. The Balaban J connectivity index is 0.00000128. The lowest BCUT2D eigenvalue weighted by molar-refractivity contribution is 0.628. The summed E-state index contributed by atoms with van der Waals surface area (Å²) in [7, 11) is 0. The molecule has 0 aliphatic carbocycles. The number of H-pyrrole nitrogens is 1. The van der Waals surface area contributed by atoms with Gasteiger partial charge in [0.15, 0.2) is 0 Å². The zero-order valence-corrected chi connectivity index (χ0v) is 17.8. The molecule has 0 spiro atoms. The van der Waals surface area contributed by atoms with Gasteiger partial charge in [-0.3, -0.25) is 9.50 Å². The molecule has 30 heavy (non-hydrogen) atoms. The minimum atomic E-state index is -0.270. The van der Waals surface area contributed by atoms with E-state index in [2.05, 4.69) is 15.2 Å². The largest absolute Gasteiger partial charge is 0.299 e. The summed E-state index contributed by atoms with van der Waals surface area (Å²) in [6, 6.07) is 18.0. The van der Waals surface area contributed by atoms with Crippen LogP contribution < -0.4 is 0 Å². The maximum absolute atomic E-state index is 13.3. The second-order valence-electron chi connectivity index (χ2n) is 6.45. The standard InChI is InChI=1S/C22H14ClFN4.2ClH/c23-17-6-1-14(2-7-17)20-12-25-21-10-5-16(13-28(20)21)19-11-26-27-22(19)15-3-8-18(24)9-4-15;;/h1-13H,(H,26,27);2*1H. The van der Waals surface area contributed by atoms with Crippen LogP contribution in [0.15, 0.2) is 79.3 Å². The summed E-state index contributed by atoms with van der Waals surface area (Å²) >= 11 is 6.01. The van der Waals surface area contributed by atoms with Gasteiger partial charge in [-0.15, -0.1) is 24.8 Å². The Labute approximate surface area is 189 Å². The lowest BCUT2D eigenvalue weighted by Crippen LogP contribution is -1.91. The molecule has 3 aromatic heterocycles. The van der Waals surface area contributed by atoms with Crippen molar-refractivity contribution in [1.29, 1.82) is 0 Å². The fraction of sp³-hybridized carbons (Fsp3) is 0.